The summed E-state index contributed by atoms with van der Waals surface area (Å²) >= 11 is 0. The first kappa shape index (κ1) is 16.4. The molecule has 134 valence electrons. The fourth-order valence-electron chi connectivity index (χ4n) is 3.24. The number of ether oxygens (including phenoxy) is 1. The average Bonchev–Trinajstić information content (AvgIpc) is 3.23. The molecule has 0 saturated carbocycles. The highest BCUT2D eigenvalue weighted by Gasteiger charge is 2.28. The van der Waals surface area contributed by atoms with E-state index in [1.54, 1.807) is 24.5 Å². The number of amides is 2. The highest BCUT2D eigenvalue weighted by Crippen LogP contribution is 2.40. The molecule has 0 spiro atoms. The van der Waals surface area contributed by atoms with Crippen LogP contribution < -0.4 is 15.5 Å². The second kappa shape index (κ2) is 6.68. The van der Waals surface area contributed by atoms with E-state index in [1.165, 1.54) is 6.92 Å². The van der Waals surface area contributed by atoms with Crippen LogP contribution in [-0.4, -0.2) is 38.1 Å². The first-order chi connectivity index (χ1) is 12.6. The number of morpholine rings is 1. The Morgan fingerprint density at radius 2 is 2.12 bits per heavy atom. The molecular formula is C19H19N3O4. The Kier molecular flexibility index (Phi) is 4.22. The highest BCUT2D eigenvalue weighted by molar-refractivity contribution is 6.35. The van der Waals surface area contributed by atoms with Gasteiger partial charge in [-0.3, -0.25) is 9.59 Å². The predicted molar refractivity (Wildman–Crippen MR) is 99.0 cm³/mol. The number of nitrogens with zero attached hydrogens (tertiary/aromatic N) is 1. The van der Waals surface area contributed by atoms with Crippen molar-refractivity contribution in [2.45, 2.75) is 6.92 Å². The van der Waals surface area contributed by atoms with Gasteiger partial charge in [0.1, 0.15) is 5.76 Å². The van der Waals surface area contributed by atoms with Gasteiger partial charge in [0, 0.05) is 25.6 Å². The van der Waals surface area contributed by atoms with Gasteiger partial charge in [-0.15, -0.1) is 0 Å². The molecule has 3 heterocycles. The molecule has 2 aliphatic rings. The van der Waals surface area contributed by atoms with E-state index >= 15 is 0 Å². The second-order valence-corrected chi connectivity index (χ2v) is 6.22. The van der Waals surface area contributed by atoms with Crippen LogP contribution >= 0.6 is 0 Å². The minimum Gasteiger partial charge on any atom is -0.465 e. The smallest absolute Gasteiger partial charge is 0.256 e. The molecule has 1 fully saturated rings. The zero-order valence-corrected chi connectivity index (χ0v) is 14.4. The SMILES string of the molecule is CC(=O)Nc1cc2c(cc1N1CCOCC1)/C(=C/c1ccco1)C(=O)N2. The number of rotatable bonds is 3. The molecule has 1 saturated heterocycles. The van der Waals surface area contributed by atoms with E-state index in [1.807, 2.05) is 12.1 Å². The largest absolute Gasteiger partial charge is 0.465 e. The molecule has 0 bridgehead atoms. The maximum atomic E-state index is 12.4. The fourth-order valence-corrected chi connectivity index (χ4v) is 3.24. The van der Waals surface area contributed by atoms with Crippen molar-refractivity contribution < 1.29 is 18.7 Å². The lowest BCUT2D eigenvalue weighted by atomic mass is 10.0. The first-order valence-electron chi connectivity index (χ1n) is 8.47. The van der Waals surface area contributed by atoms with Gasteiger partial charge in [0.25, 0.3) is 5.91 Å². The van der Waals surface area contributed by atoms with E-state index in [9.17, 15) is 9.59 Å². The quantitative estimate of drug-likeness (QED) is 0.829. The molecule has 2 aromatic rings. The number of anilines is 3. The van der Waals surface area contributed by atoms with E-state index in [2.05, 4.69) is 15.5 Å². The summed E-state index contributed by atoms with van der Waals surface area (Å²) in [7, 11) is 0. The first-order valence-corrected chi connectivity index (χ1v) is 8.47. The molecule has 1 aromatic heterocycles. The summed E-state index contributed by atoms with van der Waals surface area (Å²) in [6.07, 6.45) is 3.29. The number of carbonyl (C=O) groups is 2. The third-order valence-electron chi connectivity index (χ3n) is 4.41. The summed E-state index contributed by atoms with van der Waals surface area (Å²) in [4.78, 5) is 26.2. The molecular weight excluding hydrogens is 334 g/mol. The van der Waals surface area contributed by atoms with Gasteiger partial charge in [0.2, 0.25) is 5.91 Å². The van der Waals surface area contributed by atoms with Crippen LogP contribution in [0.4, 0.5) is 17.1 Å². The van der Waals surface area contributed by atoms with Crippen LogP contribution in [0.2, 0.25) is 0 Å². The van der Waals surface area contributed by atoms with E-state index < -0.39 is 0 Å². The van der Waals surface area contributed by atoms with Gasteiger partial charge in [-0.1, -0.05) is 0 Å². The van der Waals surface area contributed by atoms with Crippen LogP contribution in [-0.2, 0) is 14.3 Å². The molecule has 7 nitrogen and oxygen atoms in total. The molecule has 4 rings (SSSR count). The summed E-state index contributed by atoms with van der Waals surface area (Å²) in [5.74, 6) is 0.265. The predicted octanol–water partition coefficient (Wildman–Crippen LogP) is 2.57. The standard InChI is InChI=1S/C19H19N3O4/c1-12(23)20-17-11-16-14(10-18(17)22-4-7-25-8-5-22)15(19(24)21-16)9-13-3-2-6-26-13/h2-3,6,9-11H,4-5,7-8H2,1H3,(H,20,23)(H,21,24)/b15-9-. The summed E-state index contributed by atoms with van der Waals surface area (Å²) in [5, 5.41) is 5.73. The molecule has 0 unspecified atom stereocenters. The van der Waals surface area contributed by atoms with E-state index in [0.717, 1.165) is 24.3 Å². The van der Waals surface area contributed by atoms with Crippen molar-refractivity contribution in [3.05, 3.63) is 41.9 Å². The van der Waals surface area contributed by atoms with Gasteiger partial charge < -0.3 is 24.7 Å². The minimum atomic E-state index is -0.190. The average molecular weight is 353 g/mol. The second-order valence-electron chi connectivity index (χ2n) is 6.22. The van der Waals surface area contributed by atoms with E-state index in [0.29, 0.717) is 35.9 Å². The van der Waals surface area contributed by atoms with Gasteiger partial charge in [-0.2, -0.15) is 0 Å². The molecule has 2 amide bonds. The van der Waals surface area contributed by atoms with E-state index in [4.69, 9.17) is 9.15 Å². The molecule has 2 N–H and O–H groups in total. The lowest BCUT2D eigenvalue weighted by Crippen LogP contribution is -2.36. The topological polar surface area (TPSA) is 83.8 Å². The van der Waals surface area contributed by atoms with Crippen molar-refractivity contribution in [1.82, 2.24) is 0 Å². The molecule has 0 radical (unpaired) electrons. The molecule has 1 aromatic carbocycles. The number of fused-ring (bicyclic) bond motifs is 1. The normalized spacial score (nSPS) is 18.0. The third-order valence-corrected chi connectivity index (χ3v) is 4.41. The highest BCUT2D eigenvalue weighted by atomic mass is 16.5. The zero-order chi connectivity index (χ0) is 18.1. The summed E-state index contributed by atoms with van der Waals surface area (Å²) < 4.78 is 10.8. The minimum absolute atomic E-state index is 0.157. The summed E-state index contributed by atoms with van der Waals surface area (Å²) in [6.45, 7) is 4.18. The Hall–Kier alpha value is -3.06. The number of nitrogens with one attached hydrogen (secondary N) is 2. The van der Waals surface area contributed by atoms with Crippen LogP contribution in [0.25, 0.3) is 11.6 Å². The number of carbonyl (C=O) groups excluding carboxylic acids is 2. The van der Waals surface area contributed by atoms with Crippen molar-refractivity contribution in [2.24, 2.45) is 0 Å². The van der Waals surface area contributed by atoms with Gasteiger partial charge in [-0.25, -0.2) is 0 Å². The lowest BCUT2D eigenvalue weighted by Gasteiger charge is -2.31. The number of hydrogen-bond donors (Lipinski definition) is 2. The van der Waals surface area contributed by atoms with Crippen LogP contribution in [0.1, 0.15) is 18.2 Å². The lowest BCUT2D eigenvalue weighted by molar-refractivity contribution is -0.114. The maximum Gasteiger partial charge on any atom is 0.256 e. The Morgan fingerprint density at radius 3 is 2.81 bits per heavy atom. The molecule has 0 atom stereocenters. The van der Waals surface area contributed by atoms with Crippen LogP contribution in [0.5, 0.6) is 0 Å². The monoisotopic (exact) mass is 353 g/mol. The van der Waals surface area contributed by atoms with Crippen molar-refractivity contribution >= 4 is 40.5 Å². The van der Waals surface area contributed by atoms with Crippen LogP contribution in [0, 0.1) is 0 Å². The van der Waals surface area contributed by atoms with Gasteiger partial charge in [0.15, 0.2) is 0 Å². The number of hydrogen-bond acceptors (Lipinski definition) is 5. The van der Waals surface area contributed by atoms with Crippen LogP contribution in [0.15, 0.2) is 34.9 Å². The number of benzene rings is 1. The maximum absolute atomic E-state index is 12.4. The van der Waals surface area contributed by atoms with Crippen molar-refractivity contribution in [3.8, 4) is 0 Å². The van der Waals surface area contributed by atoms with Gasteiger partial charge >= 0.3 is 0 Å². The number of furan rings is 1. The van der Waals surface area contributed by atoms with Gasteiger partial charge in [0.05, 0.1) is 42.1 Å². The Bertz CT molecular complexity index is 880. The van der Waals surface area contributed by atoms with Crippen LogP contribution in [0.3, 0.4) is 0 Å². The molecule has 26 heavy (non-hydrogen) atoms. The Labute approximate surface area is 150 Å². The molecule has 7 heteroatoms. The van der Waals surface area contributed by atoms with Gasteiger partial charge in [-0.05, 0) is 30.3 Å². The van der Waals surface area contributed by atoms with Crippen molar-refractivity contribution in [1.29, 1.82) is 0 Å². The Morgan fingerprint density at radius 1 is 1.31 bits per heavy atom. The van der Waals surface area contributed by atoms with E-state index in [-0.39, 0.29) is 11.8 Å². The fraction of sp³-hybridized carbons (Fsp3) is 0.263. The summed E-state index contributed by atoms with van der Waals surface area (Å²) in [5.41, 5.74) is 3.57. The molecule has 2 aliphatic heterocycles. The third kappa shape index (κ3) is 3.09. The summed E-state index contributed by atoms with van der Waals surface area (Å²) in [6, 6.07) is 7.33. The van der Waals surface area contributed by atoms with Crippen molar-refractivity contribution in [2.75, 3.05) is 41.8 Å². The molecule has 0 aliphatic carbocycles. The Balaban J connectivity index is 1.80. The zero-order valence-electron chi connectivity index (χ0n) is 14.4. The van der Waals surface area contributed by atoms with Crippen molar-refractivity contribution in [3.63, 3.8) is 0 Å².